The molecule has 102 valence electrons. The maximum absolute atomic E-state index is 6.03. The minimum atomic E-state index is 0.515. The van der Waals surface area contributed by atoms with Gasteiger partial charge in [0.25, 0.3) is 0 Å². The van der Waals surface area contributed by atoms with Crippen molar-refractivity contribution >= 4 is 32.9 Å². The number of rotatable bonds is 3. The number of nitrogens with zero attached hydrogens (tertiary/aromatic N) is 2. The van der Waals surface area contributed by atoms with Gasteiger partial charge in [-0.3, -0.25) is 0 Å². The summed E-state index contributed by atoms with van der Waals surface area (Å²) in [6.45, 7) is 0.663. The topological polar surface area (TPSA) is 53.1 Å². The lowest BCUT2D eigenvalue weighted by atomic mass is 10.2. The quantitative estimate of drug-likeness (QED) is 0.799. The summed E-state index contributed by atoms with van der Waals surface area (Å²) in [5.41, 5.74) is 9.06. The number of anilines is 1. The molecule has 0 unspecified atom stereocenters. The Morgan fingerprint density at radius 3 is 2.90 bits per heavy atom. The summed E-state index contributed by atoms with van der Waals surface area (Å²) >= 11 is 3.48. The summed E-state index contributed by atoms with van der Waals surface area (Å²) in [5, 5.41) is 0. The highest BCUT2D eigenvalue weighted by Gasteiger charge is 2.09. The monoisotopic (exact) mass is 331 g/mol. The van der Waals surface area contributed by atoms with Crippen LogP contribution in [0, 0.1) is 0 Å². The predicted molar refractivity (Wildman–Crippen MR) is 83.9 cm³/mol. The first kappa shape index (κ1) is 13.0. The highest BCUT2D eigenvalue weighted by molar-refractivity contribution is 9.10. The maximum atomic E-state index is 6.03. The van der Waals surface area contributed by atoms with E-state index in [9.17, 15) is 0 Å². The number of ether oxygens (including phenoxy) is 1. The first-order chi connectivity index (χ1) is 9.67. The summed E-state index contributed by atoms with van der Waals surface area (Å²) in [6.07, 6.45) is 0. The van der Waals surface area contributed by atoms with E-state index < -0.39 is 0 Å². The number of aromatic nitrogens is 2. The Morgan fingerprint density at radius 2 is 2.10 bits per heavy atom. The van der Waals surface area contributed by atoms with Crippen LogP contribution in [0.5, 0.6) is 5.75 Å². The first-order valence-corrected chi connectivity index (χ1v) is 7.01. The maximum Gasteiger partial charge on any atom is 0.201 e. The van der Waals surface area contributed by atoms with E-state index in [1.54, 1.807) is 7.11 Å². The van der Waals surface area contributed by atoms with Crippen molar-refractivity contribution in [1.29, 1.82) is 0 Å². The number of halogens is 1. The molecule has 0 radical (unpaired) electrons. The Hall–Kier alpha value is -2.01. The molecule has 0 saturated heterocycles. The third kappa shape index (κ3) is 2.36. The van der Waals surface area contributed by atoms with Crippen LogP contribution >= 0.6 is 15.9 Å². The van der Waals surface area contributed by atoms with Crippen molar-refractivity contribution in [1.82, 2.24) is 9.55 Å². The van der Waals surface area contributed by atoms with Crippen molar-refractivity contribution < 1.29 is 4.74 Å². The van der Waals surface area contributed by atoms with E-state index in [1.165, 1.54) is 0 Å². The standard InChI is InChI=1S/C15H14BrN3O/c1-20-12-4-2-3-10(7-12)9-19-14-8-11(16)5-6-13(14)18-15(19)17/h2-8H,9H2,1H3,(H2,17,18). The Labute approximate surface area is 125 Å². The number of benzene rings is 2. The smallest absolute Gasteiger partial charge is 0.201 e. The fourth-order valence-electron chi connectivity index (χ4n) is 2.23. The van der Waals surface area contributed by atoms with Crippen LogP contribution in [0.15, 0.2) is 46.9 Å². The van der Waals surface area contributed by atoms with Crippen molar-refractivity contribution in [3.8, 4) is 5.75 Å². The third-order valence-electron chi connectivity index (χ3n) is 3.21. The molecule has 0 saturated carbocycles. The van der Waals surface area contributed by atoms with E-state index in [0.29, 0.717) is 12.5 Å². The average Bonchev–Trinajstić information content (AvgIpc) is 2.75. The molecule has 0 aliphatic rings. The molecule has 1 heterocycles. The summed E-state index contributed by atoms with van der Waals surface area (Å²) < 4.78 is 8.25. The molecule has 0 bridgehead atoms. The Kier molecular flexibility index (Phi) is 3.36. The Morgan fingerprint density at radius 1 is 1.25 bits per heavy atom. The Bertz CT molecular complexity index is 767. The van der Waals surface area contributed by atoms with Gasteiger partial charge in [0, 0.05) is 4.47 Å². The van der Waals surface area contributed by atoms with E-state index in [-0.39, 0.29) is 0 Å². The van der Waals surface area contributed by atoms with E-state index in [2.05, 4.69) is 20.9 Å². The molecule has 0 aliphatic carbocycles. The van der Waals surface area contributed by atoms with Gasteiger partial charge in [-0.05, 0) is 35.9 Å². The molecule has 0 spiro atoms. The number of hydrogen-bond acceptors (Lipinski definition) is 3. The van der Waals surface area contributed by atoms with Gasteiger partial charge in [0.2, 0.25) is 5.95 Å². The number of methoxy groups -OCH3 is 1. The van der Waals surface area contributed by atoms with Crippen molar-refractivity contribution in [3.63, 3.8) is 0 Å². The number of nitrogen functional groups attached to an aromatic ring is 1. The van der Waals surface area contributed by atoms with Crippen LogP contribution in [0.25, 0.3) is 11.0 Å². The molecule has 0 fully saturated rings. The van der Waals surface area contributed by atoms with Crippen molar-refractivity contribution in [2.45, 2.75) is 6.54 Å². The summed E-state index contributed by atoms with van der Waals surface area (Å²) in [6, 6.07) is 13.9. The van der Waals surface area contributed by atoms with E-state index >= 15 is 0 Å². The van der Waals surface area contributed by atoms with Gasteiger partial charge in [-0.2, -0.15) is 0 Å². The fourth-order valence-corrected chi connectivity index (χ4v) is 2.58. The van der Waals surface area contributed by atoms with Gasteiger partial charge >= 0.3 is 0 Å². The minimum Gasteiger partial charge on any atom is -0.497 e. The molecule has 2 aromatic carbocycles. The van der Waals surface area contributed by atoms with Crippen LogP contribution in [-0.2, 0) is 6.54 Å². The van der Waals surface area contributed by atoms with Crippen molar-refractivity contribution in [2.75, 3.05) is 12.8 Å². The largest absolute Gasteiger partial charge is 0.497 e. The van der Waals surface area contributed by atoms with Crippen LogP contribution in [0.3, 0.4) is 0 Å². The van der Waals surface area contributed by atoms with Gasteiger partial charge in [0.1, 0.15) is 5.75 Å². The summed E-state index contributed by atoms with van der Waals surface area (Å²) in [4.78, 5) is 4.38. The van der Waals surface area contributed by atoms with Gasteiger partial charge < -0.3 is 15.0 Å². The zero-order valence-corrected chi connectivity index (χ0v) is 12.6. The highest BCUT2D eigenvalue weighted by Crippen LogP contribution is 2.24. The van der Waals surface area contributed by atoms with E-state index in [4.69, 9.17) is 10.5 Å². The van der Waals surface area contributed by atoms with Crippen LogP contribution in [0.1, 0.15) is 5.56 Å². The number of nitrogens with two attached hydrogens (primary N) is 1. The zero-order chi connectivity index (χ0) is 14.1. The lowest BCUT2D eigenvalue weighted by Gasteiger charge is -2.08. The Balaban J connectivity index is 2.05. The van der Waals surface area contributed by atoms with Crippen LogP contribution in [0.2, 0.25) is 0 Å². The van der Waals surface area contributed by atoms with Gasteiger partial charge in [0.15, 0.2) is 0 Å². The highest BCUT2D eigenvalue weighted by atomic mass is 79.9. The van der Waals surface area contributed by atoms with Gasteiger partial charge in [-0.15, -0.1) is 0 Å². The predicted octanol–water partition coefficient (Wildman–Crippen LogP) is 3.44. The molecule has 0 aliphatic heterocycles. The molecule has 20 heavy (non-hydrogen) atoms. The molecule has 2 N–H and O–H groups in total. The molecule has 4 nitrogen and oxygen atoms in total. The normalized spacial score (nSPS) is 10.9. The zero-order valence-electron chi connectivity index (χ0n) is 11.0. The van der Waals surface area contributed by atoms with Crippen LogP contribution in [0.4, 0.5) is 5.95 Å². The summed E-state index contributed by atoms with van der Waals surface area (Å²) in [5.74, 6) is 1.35. The van der Waals surface area contributed by atoms with Gasteiger partial charge in [-0.1, -0.05) is 28.1 Å². The van der Waals surface area contributed by atoms with Gasteiger partial charge in [-0.25, -0.2) is 4.98 Å². The number of hydrogen-bond donors (Lipinski definition) is 1. The number of imidazole rings is 1. The van der Waals surface area contributed by atoms with Crippen LogP contribution < -0.4 is 10.5 Å². The first-order valence-electron chi connectivity index (χ1n) is 6.21. The lowest BCUT2D eigenvalue weighted by Crippen LogP contribution is -2.04. The molecule has 3 aromatic rings. The molecule has 0 atom stereocenters. The molecule has 5 heteroatoms. The van der Waals surface area contributed by atoms with Crippen molar-refractivity contribution in [2.24, 2.45) is 0 Å². The second kappa shape index (κ2) is 5.17. The van der Waals surface area contributed by atoms with Crippen LogP contribution in [-0.4, -0.2) is 16.7 Å². The molecular formula is C15H14BrN3O. The molecule has 3 rings (SSSR count). The second-order valence-corrected chi connectivity index (χ2v) is 5.46. The fraction of sp³-hybridized carbons (Fsp3) is 0.133. The molecule has 0 amide bonds. The SMILES string of the molecule is COc1cccc(Cn2c(N)nc3ccc(Br)cc32)c1. The molecule has 1 aromatic heterocycles. The average molecular weight is 332 g/mol. The number of fused-ring (bicyclic) bond motifs is 1. The van der Waals surface area contributed by atoms with E-state index in [1.807, 2.05) is 47.0 Å². The van der Waals surface area contributed by atoms with E-state index in [0.717, 1.165) is 26.8 Å². The lowest BCUT2D eigenvalue weighted by molar-refractivity contribution is 0.414. The van der Waals surface area contributed by atoms with Gasteiger partial charge in [0.05, 0.1) is 24.7 Å². The minimum absolute atomic E-state index is 0.515. The molecular weight excluding hydrogens is 318 g/mol. The second-order valence-electron chi connectivity index (χ2n) is 4.54. The summed E-state index contributed by atoms with van der Waals surface area (Å²) in [7, 11) is 1.66. The third-order valence-corrected chi connectivity index (χ3v) is 3.71. The van der Waals surface area contributed by atoms with Crippen molar-refractivity contribution in [3.05, 3.63) is 52.5 Å².